The monoisotopic (exact) mass is 348 g/mol. The minimum Gasteiger partial charge on any atom is -0.492 e. The number of nitrogens with zero attached hydrogens (tertiary/aromatic N) is 1. The fourth-order valence-electron chi connectivity index (χ4n) is 1.78. The maximum absolute atomic E-state index is 14.3. The van der Waals surface area contributed by atoms with Gasteiger partial charge in [0.2, 0.25) is 0 Å². The summed E-state index contributed by atoms with van der Waals surface area (Å²) < 4.78 is 33.3. The minimum absolute atomic E-state index is 0.0375. The van der Waals surface area contributed by atoms with Crippen LogP contribution in [-0.2, 0) is 0 Å². The van der Waals surface area contributed by atoms with Crippen molar-refractivity contribution in [1.29, 1.82) is 0 Å². The molecule has 0 amide bonds. The maximum Gasteiger partial charge on any atom is 0.356 e. The van der Waals surface area contributed by atoms with Gasteiger partial charge < -0.3 is 15.6 Å². The van der Waals surface area contributed by atoms with Crippen LogP contribution in [-0.4, -0.2) is 23.2 Å². The Kier molecular flexibility index (Phi) is 4.39. The highest BCUT2D eigenvalue weighted by Crippen LogP contribution is 2.38. The van der Waals surface area contributed by atoms with Gasteiger partial charge in [0.15, 0.2) is 23.1 Å². The number of carbonyl (C=O) groups is 1. The number of pyridine rings is 1. The highest BCUT2D eigenvalue weighted by molar-refractivity contribution is 6.35. The molecule has 9 heteroatoms. The molecule has 3 N–H and O–H groups in total. The summed E-state index contributed by atoms with van der Waals surface area (Å²) in [5, 5.41) is 8.40. The number of hydrogen-bond acceptors (Lipinski definition) is 4. The highest BCUT2D eigenvalue weighted by Gasteiger charge is 2.25. The Morgan fingerprint density at radius 2 is 1.95 bits per heavy atom. The molecule has 0 unspecified atom stereocenters. The average molecular weight is 349 g/mol. The number of nitrogens with two attached hydrogens (primary N) is 1. The number of carboxylic acid groups (broad SMARTS) is 1. The van der Waals surface area contributed by atoms with E-state index in [1.54, 1.807) is 0 Å². The first-order chi connectivity index (χ1) is 10.3. The quantitative estimate of drug-likeness (QED) is 0.884. The lowest BCUT2D eigenvalue weighted by atomic mass is 10.1. The van der Waals surface area contributed by atoms with E-state index in [0.29, 0.717) is 0 Å². The summed E-state index contributed by atoms with van der Waals surface area (Å²) in [5.41, 5.74) is 3.13. The summed E-state index contributed by atoms with van der Waals surface area (Å²) in [6.45, 7) is 0. The molecule has 1 heterocycles. The van der Waals surface area contributed by atoms with Gasteiger partial charge in [-0.05, 0) is 12.1 Å². The van der Waals surface area contributed by atoms with Crippen molar-refractivity contribution in [3.63, 3.8) is 0 Å². The smallest absolute Gasteiger partial charge is 0.356 e. The van der Waals surface area contributed by atoms with Crippen LogP contribution in [0.5, 0.6) is 5.75 Å². The summed E-state index contributed by atoms with van der Waals surface area (Å²) in [6, 6.07) is 2.38. The van der Waals surface area contributed by atoms with Crippen molar-refractivity contribution in [3.05, 3.63) is 39.5 Å². The Morgan fingerprint density at radius 1 is 1.32 bits per heavy atom. The van der Waals surface area contributed by atoms with Gasteiger partial charge in [-0.3, -0.25) is 0 Å². The van der Waals surface area contributed by atoms with E-state index in [2.05, 4.69) is 4.98 Å². The molecule has 1 aromatic heterocycles. The molecule has 0 spiro atoms. The number of carboxylic acids is 1. The van der Waals surface area contributed by atoms with Crippen LogP contribution in [0.1, 0.15) is 10.5 Å². The first-order valence-electron chi connectivity index (χ1n) is 5.69. The normalized spacial score (nSPS) is 10.6. The standard InChI is InChI=1S/C13H8Cl2F2N2O3/c1-22-12-5(14)3-2-4(7(12)16)10-8(17)9(18)6(15)11(19-10)13(20)21/h2-3H,1H3,(H2,18,19)(H,20,21). The number of hydrogen-bond donors (Lipinski definition) is 2. The summed E-state index contributed by atoms with van der Waals surface area (Å²) in [5.74, 6) is -4.00. The largest absolute Gasteiger partial charge is 0.492 e. The topological polar surface area (TPSA) is 85.4 Å². The van der Waals surface area contributed by atoms with Crippen LogP contribution in [0.4, 0.5) is 14.5 Å². The van der Waals surface area contributed by atoms with Crippen LogP contribution in [0.15, 0.2) is 12.1 Å². The molecule has 0 atom stereocenters. The Labute approximate surface area is 133 Å². The van der Waals surface area contributed by atoms with Crippen LogP contribution in [0.2, 0.25) is 10.0 Å². The second kappa shape index (κ2) is 5.94. The van der Waals surface area contributed by atoms with Gasteiger partial charge in [-0.2, -0.15) is 0 Å². The Balaban J connectivity index is 2.81. The minimum atomic E-state index is -1.53. The molecule has 0 aliphatic heterocycles. The summed E-state index contributed by atoms with van der Waals surface area (Å²) in [6.07, 6.45) is 0. The zero-order chi connectivity index (χ0) is 16.6. The fraction of sp³-hybridized carbons (Fsp3) is 0.0769. The van der Waals surface area contributed by atoms with Crippen molar-refractivity contribution in [2.45, 2.75) is 0 Å². The average Bonchev–Trinajstić information content (AvgIpc) is 2.46. The molecule has 0 aliphatic carbocycles. The van der Waals surface area contributed by atoms with Crippen molar-refractivity contribution >= 4 is 34.9 Å². The molecule has 1 aromatic carbocycles. The number of halogens is 4. The second-order valence-electron chi connectivity index (χ2n) is 4.10. The van der Waals surface area contributed by atoms with Crippen molar-refractivity contribution in [3.8, 4) is 17.0 Å². The molecule has 0 saturated carbocycles. The van der Waals surface area contributed by atoms with Gasteiger partial charge in [-0.1, -0.05) is 23.2 Å². The predicted molar refractivity (Wildman–Crippen MR) is 77.5 cm³/mol. The summed E-state index contributed by atoms with van der Waals surface area (Å²) in [7, 11) is 1.18. The molecule has 5 nitrogen and oxygen atoms in total. The number of aromatic nitrogens is 1. The molecule has 0 radical (unpaired) electrons. The first kappa shape index (κ1) is 16.3. The number of ether oxygens (including phenoxy) is 1. The highest BCUT2D eigenvalue weighted by atomic mass is 35.5. The van der Waals surface area contributed by atoms with Crippen LogP contribution in [0.3, 0.4) is 0 Å². The third kappa shape index (κ3) is 2.53. The molecule has 116 valence electrons. The van der Waals surface area contributed by atoms with Crippen molar-refractivity contribution in [2.75, 3.05) is 12.8 Å². The van der Waals surface area contributed by atoms with Crippen LogP contribution in [0, 0.1) is 11.6 Å². The SMILES string of the molecule is COc1c(Cl)ccc(-c2nc(C(=O)O)c(Cl)c(N)c2F)c1F. The van der Waals surface area contributed by atoms with Crippen molar-refractivity contribution in [1.82, 2.24) is 4.98 Å². The van der Waals surface area contributed by atoms with Crippen molar-refractivity contribution in [2.24, 2.45) is 0 Å². The Hall–Kier alpha value is -2.12. The lowest BCUT2D eigenvalue weighted by Crippen LogP contribution is -2.09. The van der Waals surface area contributed by atoms with Crippen LogP contribution in [0.25, 0.3) is 11.3 Å². The van der Waals surface area contributed by atoms with Gasteiger partial charge in [0, 0.05) is 5.56 Å². The van der Waals surface area contributed by atoms with E-state index in [-0.39, 0.29) is 16.3 Å². The van der Waals surface area contributed by atoms with E-state index in [1.807, 2.05) is 0 Å². The zero-order valence-corrected chi connectivity index (χ0v) is 12.5. The van der Waals surface area contributed by atoms with E-state index in [0.717, 1.165) is 6.07 Å². The van der Waals surface area contributed by atoms with Crippen molar-refractivity contribution < 1.29 is 23.4 Å². The van der Waals surface area contributed by atoms with Crippen LogP contribution >= 0.6 is 23.2 Å². The lowest BCUT2D eigenvalue weighted by Gasteiger charge is -2.12. The Morgan fingerprint density at radius 3 is 2.50 bits per heavy atom. The molecule has 22 heavy (non-hydrogen) atoms. The molecule has 0 fully saturated rings. The van der Waals surface area contributed by atoms with Gasteiger partial charge in [0.05, 0.1) is 22.8 Å². The fourth-order valence-corrected chi connectivity index (χ4v) is 2.21. The van der Waals surface area contributed by atoms with E-state index < -0.39 is 39.7 Å². The van der Waals surface area contributed by atoms with Gasteiger partial charge in [-0.15, -0.1) is 0 Å². The molecule has 0 aliphatic rings. The number of benzene rings is 1. The molecular formula is C13H8Cl2F2N2O3. The molecule has 0 saturated heterocycles. The molecule has 2 rings (SSSR count). The summed E-state index contributed by atoms with van der Waals surface area (Å²) in [4.78, 5) is 14.6. The van der Waals surface area contributed by atoms with Gasteiger partial charge in [0.25, 0.3) is 0 Å². The summed E-state index contributed by atoms with van der Waals surface area (Å²) >= 11 is 11.4. The zero-order valence-electron chi connectivity index (χ0n) is 11.0. The van der Waals surface area contributed by atoms with Gasteiger partial charge in [0.1, 0.15) is 5.69 Å². The number of methoxy groups -OCH3 is 1. The van der Waals surface area contributed by atoms with E-state index in [1.165, 1.54) is 13.2 Å². The third-order valence-electron chi connectivity index (χ3n) is 2.82. The van der Waals surface area contributed by atoms with Gasteiger partial charge in [-0.25, -0.2) is 18.6 Å². The van der Waals surface area contributed by atoms with E-state index in [4.69, 9.17) is 38.8 Å². The number of nitrogen functional groups attached to an aromatic ring is 1. The van der Waals surface area contributed by atoms with Crippen LogP contribution < -0.4 is 10.5 Å². The number of aromatic carboxylic acids is 1. The molecule has 0 bridgehead atoms. The Bertz CT molecular complexity index is 785. The van der Waals surface area contributed by atoms with E-state index in [9.17, 15) is 13.6 Å². The predicted octanol–water partition coefficient (Wildman–Crippen LogP) is 3.62. The second-order valence-corrected chi connectivity index (χ2v) is 4.88. The van der Waals surface area contributed by atoms with Gasteiger partial charge >= 0.3 is 5.97 Å². The number of rotatable bonds is 3. The molecule has 2 aromatic rings. The molecular weight excluding hydrogens is 341 g/mol. The maximum atomic E-state index is 14.3. The first-order valence-corrected chi connectivity index (χ1v) is 6.45. The third-order valence-corrected chi connectivity index (χ3v) is 3.50. The van der Waals surface area contributed by atoms with E-state index >= 15 is 0 Å². The lowest BCUT2D eigenvalue weighted by molar-refractivity contribution is 0.0691. The number of anilines is 1.